The lowest BCUT2D eigenvalue weighted by molar-refractivity contribution is -0.0503. The molecule has 114 valence electrons. The van der Waals surface area contributed by atoms with Gasteiger partial charge < -0.3 is 10.1 Å². The molecule has 2 aromatic rings. The average molecular weight is 294 g/mol. The van der Waals surface area contributed by atoms with Crippen LogP contribution in [0.5, 0.6) is 0 Å². The standard InChI is InChI=1S/C19H22N2O/c1-2-11-9-21-17-8-14-12-5-3-4-6-16(12)20-19(14)18(21)7-13(11)15(17)10-22/h2-6,13,15,17-18,20,22H,7-10H2,1H3/t13-,15+,17-,18-/m0/s1. The number of rotatable bonds is 1. The largest absolute Gasteiger partial charge is 0.396 e. The molecule has 6 rings (SSSR count). The first-order valence-electron chi connectivity index (χ1n) is 8.43. The van der Waals surface area contributed by atoms with Gasteiger partial charge in [0, 0.05) is 41.7 Å². The van der Waals surface area contributed by atoms with Gasteiger partial charge in [-0.2, -0.15) is 0 Å². The first kappa shape index (κ1) is 12.9. The van der Waals surface area contributed by atoms with Crippen molar-refractivity contribution >= 4 is 10.9 Å². The van der Waals surface area contributed by atoms with Gasteiger partial charge in [-0.1, -0.05) is 29.8 Å². The fraction of sp³-hybridized carbons (Fsp3) is 0.474. The SMILES string of the molecule is CC=C1CN2[C@H]3C[C@@H]1[C@@H](CO)[C@@H]2Cc1c3[nH]c2ccccc12. The van der Waals surface area contributed by atoms with Crippen molar-refractivity contribution in [2.75, 3.05) is 13.2 Å². The molecule has 5 heterocycles. The highest BCUT2D eigenvalue weighted by Crippen LogP contribution is 2.53. The maximum Gasteiger partial charge on any atom is 0.0514 e. The highest BCUT2D eigenvalue weighted by molar-refractivity contribution is 5.85. The Balaban J connectivity index is 1.69. The summed E-state index contributed by atoms with van der Waals surface area (Å²) >= 11 is 0. The first-order valence-corrected chi connectivity index (χ1v) is 8.43. The van der Waals surface area contributed by atoms with Gasteiger partial charge in [0.05, 0.1) is 6.04 Å². The van der Waals surface area contributed by atoms with Crippen LogP contribution < -0.4 is 0 Å². The fourth-order valence-corrected chi connectivity index (χ4v) is 5.32. The third-order valence-corrected chi connectivity index (χ3v) is 6.33. The molecule has 3 heteroatoms. The number of benzene rings is 1. The summed E-state index contributed by atoms with van der Waals surface area (Å²) in [5.41, 5.74) is 5.74. The van der Waals surface area contributed by atoms with Crippen LogP contribution in [0.1, 0.15) is 30.6 Å². The van der Waals surface area contributed by atoms with Gasteiger partial charge in [0.2, 0.25) is 0 Å². The van der Waals surface area contributed by atoms with Crippen molar-refractivity contribution in [3.8, 4) is 0 Å². The number of hydrogen-bond acceptors (Lipinski definition) is 2. The molecule has 0 amide bonds. The molecule has 1 aromatic carbocycles. The molecular formula is C19H22N2O. The lowest BCUT2D eigenvalue weighted by Crippen LogP contribution is -2.60. The number of piperidine rings is 3. The average Bonchev–Trinajstić information content (AvgIpc) is 2.93. The zero-order chi connectivity index (χ0) is 14.8. The van der Waals surface area contributed by atoms with Gasteiger partial charge in [0.15, 0.2) is 0 Å². The Morgan fingerprint density at radius 3 is 3.05 bits per heavy atom. The fourth-order valence-electron chi connectivity index (χ4n) is 5.32. The summed E-state index contributed by atoms with van der Waals surface area (Å²) in [4.78, 5) is 6.35. The van der Waals surface area contributed by atoms with Gasteiger partial charge in [-0.3, -0.25) is 4.90 Å². The molecule has 4 aliphatic heterocycles. The third kappa shape index (κ3) is 1.48. The number of nitrogens with zero attached hydrogens (tertiary/aromatic N) is 1. The molecule has 1 unspecified atom stereocenters. The quantitative estimate of drug-likeness (QED) is 0.794. The topological polar surface area (TPSA) is 39.3 Å². The predicted molar refractivity (Wildman–Crippen MR) is 87.7 cm³/mol. The van der Waals surface area contributed by atoms with Gasteiger partial charge in [0.25, 0.3) is 0 Å². The van der Waals surface area contributed by atoms with E-state index < -0.39 is 0 Å². The maximum atomic E-state index is 9.99. The van der Waals surface area contributed by atoms with E-state index in [0.29, 0.717) is 30.5 Å². The Morgan fingerprint density at radius 1 is 1.36 bits per heavy atom. The molecule has 0 saturated carbocycles. The van der Waals surface area contributed by atoms with Crippen LogP contribution in [-0.4, -0.2) is 34.2 Å². The number of aromatic amines is 1. The van der Waals surface area contributed by atoms with E-state index >= 15 is 0 Å². The van der Waals surface area contributed by atoms with Crippen LogP contribution in [-0.2, 0) is 6.42 Å². The van der Waals surface area contributed by atoms with Crippen molar-refractivity contribution in [1.82, 2.24) is 9.88 Å². The van der Waals surface area contributed by atoms with Gasteiger partial charge in [-0.05, 0) is 37.3 Å². The Hall–Kier alpha value is -1.58. The van der Waals surface area contributed by atoms with Crippen molar-refractivity contribution in [2.24, 2.45) is 11.8 Å². The van der Waals surface area contributed by atoms with Crippen LogP contribution in [0.4, 0.5) is 0 Å². The molecule has 0 radical (unpaired) electrons. The molecule has 3 fully saturated rings. The summed E-state index contributed by atoms with van der Waals surface area (Å²) in [5.74, 6) is 0.965. The first-order chi connectivity index (χ1) is 10.8. The van der Waals surface area contributed by atoms with Crippen molar-refractivity contribution in [3.63, 3.8) is 0 Å². The normalized spacial score (nSPS) is 37.7. The van der Waals surface area contributed by atoms with E-state index in [1.54, 1.807) is 0 Å². The van der Waals surface area contributed by atoms with Crippen LogP contribution in [0, 0.1) is 11.8 Å². The summed E-state index contributed by atoms with van der Waals surface area (Å²) in [6.45, 7) is 3.55. The lowest BCUT2D eigenvalue weighted by Gasteiger charge is -2.58. The smallest absolute Gasteiger partial charge is 0.0514 e. The van der Waals surface area contributed by atoms with E-state index in [4.69, 9.17) is 0 Å². The van der Waals surface area contributed by atoms with Crippen molar-refractivity contribution in [3.05, 3.63) is 47.2 Å². The molecule has 3 saturated heterocycles. The minimum absolute atomic E-state index is 0.313. The van der Waals surface area contributed by atoms with E-state index in [0.717, 1.165) is 19.4 Å². The van der Waals surface area contributed by atoms with E-state index in [1.807, 2.05) is 0 Å². The minimum atomic E-state index is 0.313. The number of aromatic nitrogens is 1. The second-order valence-electron chi connectivity index (χ2n) is 7.07. The lowest BCUT2D eigenvalue weighted by atomic mass is 9.64. The minimum Gasteiger partial charge on any atom is -0.396 e. The number of nitrogens with one attached hydrogen (secondary N) is 1. The van der Waals surface area contributed by atoms with Gasteiger partial charge in [0.1, 0.15) is 0 Å². The number of hydrogen-bond donors (Lipinski definition) is 2. The number of fused-ring (bicyclic) bond motifs is 4. The van der Waals surface area contributed by atoms with E-state index in [-0.39, 0.29) is 0 Å². The highest BCUT2D eigenvalue weighted by Gasteiger charge is 2.52. The molecule has 1 aromatic heterocycles. The molecule has 0 aliphatic carbocycles. The van der Waals surface area contributed by atoms with Crippen LogP contribution in [0.2, 0.25) is 0 Å². The van der Waals surface area contributed by atoms with E-state index in [9.17, 15) is 5.11 Å². The van der Waals surface area contributed by atoms with Crippen molar-refractivity contribution < 1.29 is 5.11 Å². The van der Waals surface area contributed by atoms with Crippen LogP contribution >= 0.6 is 0 Å². The number of H-pyrrole nitrogens is 1. The van der Waals surface area contributed by atoms with Gasteiger partial charge >= 0.3 is 0 Å². The molecule has 4 bridgehead atoms. The van der Waals surface area contributed by atoms with Gasteiger partial charge in [-0.15, -0.1) is 0 Å². The number of allylic oxidation sites excluding steroid dienone is 1. The van der Waals surface area contributed by atoms with Gasteiger partial charge in [-0.25, -0.2) is 0 Å². The number of aliphatic hydroxyl groups is 1. The Labute approximate surface area is 130 Å². The molecule has 0 spiro atoms. The summed E-state index contributed by atoms with van der Waals surface area (Å²) in [6, 6.07) is 9.68. The molecular weight excluding hydrogens is 272 g/mol. The molecule has 22 heavy (non-hydrogen) atoms. The highest BCUT2D eigenvalue weighted by atomic mass is 16.3. The Bertz CT molecular complexity index is 775. The van der Waals surface area contributed by atoms with Crippen LogP contribution in [0.25, 0.3) is 10.9 Å². The predicted octanol–water partition coefficient (Wildman–Crippen LogP) is 3.02. The van der Waals surface area contributed by atoms with Crippen molar-refractivity contribution in [1.29, 1.82) is 0 Å². The summed E-state index contributed by atoms with van der Waals surface area (Å²) in [7, 11) is 0. The molecule has 5 atom stereocenters. The maximum absolute atomic E-state index is 9.99. The van der Waals surface area contributed by atoms with E-state index in [1.165, 1.54) is 27.7 Å². The zero-order valence-corrected chi connectivity index (χ0v) is 12.9. The molecule has 4 aliphatic rings. The Morgan fingerprint density at radius 2 is 2.23 bits per heavy atom. The molecule has 2 N–H and O–H groups in total. The summed E-state index contributed by atoms with van der Waals surface area (Å²) in [6.07, 6.45) is 4.51. The zero-order valence-electron chi connectivity index (χ0n) is 12.9. The van der Waals surface area contributed by atoms with Crippen LogP contribution in [0.3, 0.4) is 0 Å². The number of para-hydroxylation sites is 1. The van der Waals surface area contributed by atoms with Crippen molar-refractivity contribution in [2.45, 2.75) is 31.8 Å². The third-order valence-electron chi connectivity index (χ3n) is 6.33. The number of aliphatic hydroxyl groups excluding tert-OH is 1. The summed E-state index contributed by atoms with van der Waals surface area (Å²) in [5, 5.41) is 11.4. The molecule has 3 nitrogen and oxygen atoms in total. The monoisotopic (exact) mass is 294 g/mol. The van der Waals surface area contributed by atoms with Crippen LogP contribution in [0.15, 0.2) is 35.9 Å². The second-order valence-corrected chi connectivity index (χ2v) is 7.07. The summed E-state index contributed by atoms with van der Waals surface area (Å²) < 4.78 is 0. The van der Waals surface area contributed by atoms with E-state index in [2.05, 4.69) is 47.1 Å². The second kappa shape index (κ2) is 4.46. The Kier molecular flexibility index (Phi) is 2.62.